The molecule has 0 aliphatic heterocycles. The minimum absolute atomic E-state index is 0.0499. The van der Waals surface area contributed by atoms with E-state index in [1.165, 1.54) is 6.07 Å². The molecule has 1 aromatic heterocycles. The fourth-order valence-electron chi connectivity index (χ4n) is 2.03. The van der Waals surface area contributed by atoms with Crippen LogP contribution in [0.1, 0.15) is 22.9 Å². The Bertz CT molecular complexity index is 574. The number of aromatic nitrogens is 1. The molecule has 0 saturated carbocycles. The van der Waals surface area contributed by atoms with Gasteiger partial charge in [-0.3, -0.25) is 16.3 Å². The fraction of sp³-hybridized carbons (Fsp3) is 0.214. The molecule has 2 rings (SSSR count). The Morgan fingerprint density at radius 1 is 1.42 bits per heavy atom. The Balaban J connectivity index is 2.24. The summed E-state index contributed by atoms with van der Waals surface area (Å²) in [5.41, 5.74) is 5.78. The number of nitrogens with one attached hydrogen (secondary N) is 1. The van der Waals surface area contributed by atoms with E-state index in [9.17, 15) is 4.39 Å². The number of aryl methyl sites for hydroxylation is 1. The molecule has 0 spiro atoms. The molecule has 1 unspecified atom stereocenters. The molecule has 1 aromatic carbocycles. The molecule has 0 radical (unpaired) electrons. The number of hydrazine groups is 1. The Labute approximate surface area is 120 Å². The first-order valence-electron chi connectivity index (χ1n) is 5.93. The van der Waals surface area contributed by atoms with Crippen LogP contribution in [0.15, 0.2) is 41.0 Å². The van der Waals surface area contributed by atoms with Crippen LogP contribution in [-0.4, -0.2) is 4.98 Å². The molecule has 100 valence electrons. The highest BCUT2D eigenvalue weighted by Crippen LogP contribution is 2.23. The zero-order valence-electron chi connectivity index (χ0n) is 10.5. The minimum atomic E-state index is -0.265. The number of hydrogen-bond acceptors (Lipinski definition) is 3. The number of nitrogens with two attached hydrogens (primary N) is 1. The van der Waals surface area contributed by atoms with Gasteiger partial charge in [0.2, 0.25) is 0 Å². The first kappa shape index (κ1) is 14.1. The van der Waals surface area contributed by atoms with E-state index in [2.05, 4.69) is 26.3 Å². The summed E-state index contributed by atoms with van der Waals surface area (Å²) in [7, 11) is 0. The molecule has 0 aliphatic carbocycles. The van der Waals surface area contributed by atoms with Crippen molar-refractivity contribution < 1.29 is 4.39 Å². The summed E-state index contributed by atoms with van der Waals surface area (Å²) in [4.78, 5) is 4.26. The largest absolute Gasteiger partial charge is 0.271 e. The lowest BCUT2D eigenvalue weighted by atomic mass is 9.98. The number of rotatable bonds is 4. The summed E-state index contributed by atoms with van der Waals surface area (Å²) in [5.74, 6) is 5.36. The quantitative estimate of drug-likeness (QED) is 0.671. The van der Waals surface area contributed by atoms with Crippen molar-refractivity contribution in [2.75, 3.05) is 0 Å². The molecule has 0 amide bonds. The highest BCUT2D eigenvalue weighted by Gasteiger charge is 2.14. The van der Waals surface area contributed by atoms with Gasteiger partial charge in [0, 0.05) is 11.9 Å². The van der Waals surface area contributed by atoms with Crippen LogP contribution in [0.4, 0.5) is 4.39 Å². The first-order chi connectivity index (χ1) is 9.11. The van der Waals surface area contributed by atoms with Gasteiger partial charge in [0.25, 0.3) is 0 Å². The highest BCUT2D eigenvalue weighted by molar-refractivity contribution is 9.10. The lowest BCUT2D eigenvalue weighted by molar-refractivity contribution is 0.545. The van der Waals surface area contributed by atoms with E-state index in [-0.39, 0.29) is 11.9 Å². The molecule has 5 heteroatoms. The van der Waals surface area contributed by atoms with Crippen LogP contribution in [0.25, 0.3) is 0 Å². The van der Waals surface area contributed by atoms with Gasteiger partial charge in [-0.2, -0.15) is 0 Å². The van der Waals surface area contributed by atoms with Crippen LogP contribution in [0.2, 0.25) is 0 Å². The van der Waals surface area contributed by atoms with Gasteiger partial charge in [-0.05, 0) is 58.6 Å². The predicted molar refractivity (Wildman–Crippen MR) is 76.8 cm³/mol. The van der Waals surface area contributed by atoms with E-state index >= 15 is 0 Å². The first-order valence-corrected chi connectivity index (χ1v) is 6.72. The Morgan fingerprint density at radius 2 is 2.21 bits per heavy atom. The normalized spacial score (nSPS) is 12.4. The van der Waals surface area contributed by atoms with E-state index in [1.54, 1.807) is 18.3 Å². The van der Waals surface area contributed by atoms with Gasteiger partial charge < -0.3 is 0 Å². The van der Waals surface area contributed by atoms with Crippen LogP contribution in [0, 0.1) is 12.7 Å². The Morgan fingerprint density at radius 3 is 2.84 bits per heavy atom. The van der Waals surface area contributed by atoms with Crippen LogP contribution < -0.4 is 11.3 Å². The van der Waals surface area contributed by atoms with Crippen LogP contribution in [-0.2, 0) is 6.42 Å². The van der Waals surface area contributed by atoms with Crippen molar-refractivity contribution in [3.63, 3.8) is 0 Å². The molecule has 0 fully saturated rings. The SMILES string of the molecule is Cc1ncccc1C(Cc1ccc(F)c(Br)c1)NN. The monoisotopic (exact) mass is 323 g/mol. The molecule has 3 N–H and O–H groups in total. The van der Waals surface area contributed by atoms with E-state index in [0.29, 0.717) is 10.9 Å². The zero-order valence-corrected chi connectivity index (χ0v) is 12.1. The van der Waals surface area contributed by atoms with E-state index in [4.69, 9.17) is 5.84 Å². The van der Waals surface area contributed by atoms with Crippen molar-refractivity contribution in [2.45, 2.75) is 19.4 Å². The van der Waals surface area contributed by atoms with Gasteiger partial charge in [0.15, 0.2) is 0 Å². The standard InChI is InChI=1S/C14H15BrFN3/c1-9-11(3-2-6-18-9)14(19-17)8-10-4-5-13(16)12(15)7-10/h2-7,14,19H,8,17H2,1H3. The third kappa shape index (κ3) is 3.37. The van der Waals surface area contributed by atoms with Gasteiger partial charge in [-0.1, -0.05) is 12.1 Å². The second-order valence-corrected chi connectivity index (χ2v) is 5.20. The van der Waals surface area contributed by atoms with Crippen molar-refractivity contribution >= 4 is 15.9 Å². The maximum Gasteiger partial charge on any atom is 0.137 e. The van der Waals surface area contributed by atoms with Crippen molar-refractivity contribution in [3.05, 3.63) is 63.6 Å². The van der Waals surface area contributed by atoms with Crippen LogP contribution in [0.5, 0.6) is 0 Å². The molecular weight excluding hydrogens is 309 g/mol. The molecule has 1 heterocycles. The topological polar surface area (TPSA) is 50.9 Å². The second kappa shape index (κ2) is 6.23. The predicted octanol–water partition coefficient (Wildman–Crippen LogP) is 3.04. The van der Waals surface area contributed by atoms with E-state index in [0.717, 1.165) is 16.8 Å². The summed E-state index contributed by atoms with van der Waals surface area (Å²) >= 11 is 3.19. The van der Waals surface area contributed by atoms with E-state index < -0.39 is 0 Å². The number of hydrogen-bond donors (Lipinski definition) is 2. The number of nitrogens with zero attached hydrogens (tertiary/aromatic N) is 1. The second-order valence-electron chi connectivity index (χ2n) is 4.35. The summed E-state index contributed by atoms with van der Waals surface area (Å²) in [5, 5.41) is 0. The van der Waals surface area contributed by atoms with Crippen molar-refractivity contribution in [3.8, 4) is 0 Å². The summed E-state index contributed by atoms with van der Waals surface area (Å²) in [6.45, 7) is 1.94. The highest BCUT2D eigenvalue weighted by atomic mass is 79.9. The average Bonchev–Trinajstić information content (AvgIpc) is 2.41. The number of benzene rings is 1. The maximum absolute atomic E-state index is 13.2. The Kier molecular flexibility index (Phi) is 4.63. The smallest absolute Gasteiger partial charge is 0.137 e. The number of pyridine rings is 1. The molecule has 1 atom stereocenters. The van der Waals surface area contributed by atoms with Gasteiger partial charge in [-0.15, -0.1) is 0 Å². The van der Waals surface area contributed by atoms with Crippen molar-refractivity contribution in [1.82, 2.24) is 10.4 Å². The summed E-state index contributed by atoms with van der Waals surface area (Å²) < 4.78 is 13.7. The molecular formula is C14H15BrFN3. The van der Waals surface area contributed by atoms with Crippen LogP contribution in [0.3, 0.4) is 0 Å². The minimum Gasteiger partial charge on any atom is -0.271 e. The van der Waals surface area contributed by atoms with Crippen molar-refractivity contribution in [1.29, 1.82) is 0 Å². The third-order valence-corrected chi connectivity index (χ3v) is 3.66. The van der Waals surface area contributed by atoms with Gasteiger partial charge in [0.1, 0.15) is 5.82 Å². The molecule has 19 heavy (non-hydrogen) atoms. The lowest BCUT2D eigenvalue weighted by Crippen LogP contribution is -2.30. The van der Waals surface area contributed by atoms with Gasteiger partial charge >= 0.3 is 0 Å². The number of halogens is 2. The van der Waals surface area contributed by atoms with Gasteiger partial charge in [0.05, 0.1) is 10.5 Å². The molecule has 3 nitrogen and oxygen atoms in total. The summed E-state index contributed by atoms with van der Waals surface area (Å²) in [6, 6.07) is 8.80. The Hall–Kier alpha value is -1.30. The van der Waals surface area contributed by atoms with Crippen LogP contribution >= 0.6 is 15.9 Å². The molecule has 0 aliphatic rings. The van der Waals surface area contributed by atoms with E-state index in [1.807, 2.05) is 19.1 Å². The fourth-order valence-corrected chi connectivity index (χ4v) is 2.45. The average molecular weight is 324 g/mol. The zero-order chi connectivity index (χ0) is 13.8. The lowest BCUT2D eigenvalue weighted by Gasteiger charge is -2.18. The summed E-state index contributed by atoms with van der Waals surface area (Å²) in [6.07, 6.45) is 2.42. The third-order valence-electron chi connectivity index (χ3n) is 3.05. The maximum atomic E-state index is 13.2. The molecule has 2 aromatic rings. The molecule has 0 saturated heterocycles. The molecule has 0 bridgehead atoms. The van der Waals surface area contributed by atoms with Gasteiger partial charge in [-0.25, -0.2) is 4.39 Å². The van der Waals surface area contributed by atoms with Crippen molar-refractivity contribution in [2.24, 2.45) is 5.84 Å².